The highest BCUT2D eigenvalue weighted by molar-refractivity contribution is 5.86. The molecule has 0 aliphatic rings. The summed E-state index contributed by atoms with van der Waals surface area (Å²) in [5, 5.41) is 4.56. The van der Waals surface area contributed by atoms with E-state index >= 15 is 0 Å². The van der Waals surface area contributed by atoms with Gasteiger partial charge in [0, 0.05) is 23.0 Å². The van der Waals surface area contributed by atoms with E-state index in [0.29, 0.717) is 0 Å². The van der Waals surface area contributed by atoms with E-state index in [1.807, 2.05) is 12.3 Å². The number of nitrogens with one attached hydrogen (secondary N) is 2. The average Bonchev–Trinajstić information content (AvgIpc) is 2.77. The Morgan fingerprint density at radius 1 is 1.14 bits per heavy atom. The fourth-order valence-electron chi connectivity index (χ4n) is 2.60. The minimum atomic E-state index is -0.232. The van der Waals surface area contributed by atoms with E-state index in [1.54, 1.807) is 12.1 Å². The highest BCUT2D eigenvalue weighted by atomic mass is 35.5. The Hall–Kier alpha value is -2.07. The zero-order valence-corrected chi connectivity index (χ0v) is 13.6. The number of hydrogen-bond donors (Lipinski definition) is 2. The summed E-state index contributed by atoms with van der Waals surface area (Å²) in [6, 6.07) is 8.42. The first-order valence-corrected chi connectivity index (χ1v) is 7.02. The van der Waals surface area contributed by atoms with Crippen LogP contribution in [0.15, 0.2) is 36.5 Å². The van der Waals surface area contributed by atoms with E-state index in [0.717, 1.165) is 22.6 Å². The number of fused-ring (bicyclic) bond motifs is 1. The van der Waals surface area contributed by atoms with Gasteiger partial charge in [-0.15, -0.1) is 12.4 Å². The summed E-state index contributed by atoms with van der Waals surface area (Å²) < 4.78 is 13.0. The maximum absolute atomic E-state index is 13.0. The summed E-state index contributed by atoms with van der Waals surface area (Å²) in [6.07, 6.45) is 1.83. The number of anilines is 1. The molecule has 5 heteroatoms. The van der Waals surface area contributed by atoms with Gasteiger partial charge in [-0.1, -0.05) is 0 Å². The van der Waals surface area contributed by atoms with Crippen LogP contribution in [-0.4, -0.2) is 9.97 Å². The van der Waals surface area contributed by atoms with Crippen molar-refractivity contribution in [3.8, 4) is 0 Å². The molecule has 3 aromatic rings. The fourth-order valence-corrected chi connectivity index (χ4v) is 2.60. The predicted octanol–water partition coefficient (Wildman–Crippen LogP) is 4.91. The monoisotopic (exact) mass is 319 g/mol. The third-order valence-corrected chi connectivity index (χ3v) is 3.90. The molecule has 22 heavy (non-hydrogen) atoms. The molecule has 0 aliphatic heterocycles. The van der Waals surface area contributed by atoms with Crippen molar-refractivity contribution >= 4 is 29.0 Å². The fraction of sp³-hybridized carbons (Fsp3) is 0.235. The van der Waals surface area contributed by atoms with E-state index in [1.165, 1.54) is 23.1 Å². The minimum absolute atomic E-state index is 0. The number of pyridine rings is 1. The maximum atomic E-state index is 13.0. The summed E-state index contributed by atoms with van der Waals surface area (Å²) in [5.74, 6) is -0.232. The van der Waals surface area contributed by atoms with Crippen LogP contribution in [0, 0.1) is 19.7 Å². The topological polar surface area (TPSA) is 40.7 Å². The number of H-pyrrole nitrogens is 1. The summed E-state index contributed by atoms with van der Waals surface area (Å²) in [7, 11) is 0. The molecule has 3 rings (SSSR count). The zero-order valence-electron chi connectivity index (χ0n) is 12.8. The lowest BCUT2D eigenvalue weighted by Gasteiger charge is -2.15. The van der Waals surface area contributed by atoms with Crippen LogP contribution in [-0.2, 0) is 0 Å². The van der Waals surface area contributed by atoms with Crippen LogP contribution in [0.25, 0.3) is 10.9 Å². The molecule has 1 unspecified atom stereocenters. The van der Waals surface area contributed by atoms with Crippen molar-refractivity contribution in [2.45, 2.75) is 26.8 Å². The van der Waals surface area contributed by atoms with Crippen molar-refractivity contribution in [2.24, 2.45) is 0 Å². The van der Waals surface area contributed by atoms with Crippen LogP contribution in [0.1, 0.15) is 29.9 Å². The van der Waals surface area contributed by atoms with Gasteiger partial charge in [0.2, 0.25) is 0 Å². The van der Waals surface area contributed by atoms with Crippen LogP contribution in [0.4, 0.5) is 10.1 Å². The third kappa shape index (κ3) is 2.92. The molecule has 0 fully saturated rings. The Kier molecular flexibility index (Phi) is 4.71. The lowest BCUT2D eigenvalue weighted by Crippen LogP contribution is -2.09. The average molecular weight is 320 g/mol. The summed E-state index contributed by atoms with van der Waals surface area (Å²) in [5.41, 5.74) is 5.32. The lowest BCUT2D eigenvalue weighted by atomic mass is 10.1. The van der Waals surface area contributed by atoms with Gasteiger partial charge in [-0.2, -0.15) is 0 Å². The first-order valence-electron chi connectivity index (χ1n) is 7.02. The molecule has 116 valence electrons. The van der Waals surface area contributed by atoms with Crippen LogP contribution in [0.2, 0.25) is 0 Å². The number of hydrogen-bond acceptors (Lipinski definition) is 2. The molecule has 2 N–H and O–H groups in total. The normalized spacial score (nSPS) is 12.0. The number of aryl methyl sites for hydroxylation is 2. The number of aromatic amines is 1. The summed E-state index contributed by atoms with van der Waals surface area (Å²) in [4.78, 5) is 7.92. The van der Waals surface area contributed by atoms with Gasteiger partial charge in [-0.3, -0.25) is 4.98 Å². The van der Waals surface area contributed by atoms with Crippen molar-refractivity contribution < 1.29 is 4.39 Å². The van der Waals surface area contributed by atoms with Crippen LogP contribution < -0.4 is 5.32 Å². The van der Waals surface area contributed by atoms with Gasteiger partial charge >= 0.3 is 0 Å². The maximum Gasteiger partial charge on any atom is 0.123 e. The van der Waals surface area contributed by atoms with Gasteiger partial charge in [-0.25, -0.2) is 4.39 Å². The molecule has 0 amide bonds. The molecular formula is C17H19ClFN3. The number of rotatable bonds is 3. The lowest BCUT2D eigenvalue weighted by molar-refractivity contribution is 0.628. The third-order valence-electron chi connectivity index (χ3n) is 3.90. The minimum Gasteiger partial charge on any atom is -0.377 e. The van der Waals surface area contributed by atoms with Crippen molar-refractivity contribution in [3.05, 3.63) is 59.3 Å². The van der Waals surface area contributed by atoms with Gasteiger partial charge in [0.05, 0.1) is 17.3 Å². The van der Waals surface area contributed by atoms with E-state index < -0.39 is 0 Å². The molecule has 2 aromatic heterocycles. The summed E-state index contributed by atoms with van der Waals surface area (Å²) in [6.45, 7) is 6.23. The highest BCUT2D eigenvalue weighted by Gasteiger charge is 2.14. The standard InChI is InChI=1S/C17H18FN3.ClH/c1-10-11(2)21-17-15(10)8-9-19-16(17)12(3)20-14-6-4-13(18)5-7-14;/h4-9,12,20-21H,1-3H3;1H. The molecule has 1 atom stereocenters. The number of halogens is 2. The number of aromatic nitrogens is 2. The molecule has 0 bridgehead atoms. The molecule has 1 aromatic carbocycles. The van der Waals surface area contributed by atoms with E-state index in [4.69, 9.17) is 0 Å². The van der Waals surface area contributed by atoms with E-state index in [9.17, 15) is 4.39 Å². The molecule has 3 nitrogen and oxygen atoms in total. The second-order valence-electron chi connectivity index (χ2n) is 5.37. The van der Waals surface area contributed by atoms with Crippen molar-refractivity contribution in [2.75, 3.05) is 5.32 Å². The van der Waals surface area contributed by atoms with Gasteiger partial charge in [0.25, 0.3) is 0 Å². The number of benzene rings is 1. The second kappa shape index (κ2) is 6.36. The first-order chi connectivity index (χ1) is 10.1. The van der Waals surface area contributed by atoms with Gasteiger partial charge < -0.3 is 10.3 Å². The smallest absolute Gasteiger partial charge is 0.123 e. The molecule has 2 heterocycles. The van der Waals surface area contributed by atoms with Gasteiger partial charge in [0.1, 0.15) is 5.82 Å². The molecule has 0 radical (unpaired) electrons. The highest BCUT2D eigenvalue weighted by Crippen LogP contribution is 2.27. The Morgan fingerprint density at radius 3 is 2.50 bits per heavy atom. The summed E-state index contributed by atoms with van der Waals surface area (Å²) >= 11 is 0. The second-order valence-corrected chi connectivity index (χ2v) is 5.37. The van der Waals surface area contributed by atoms with Crippen LogP contribution >= 0.6 is 12.4 Å². The van der Waals surface area contributed by atoms with Crippen molar-refractivity contribution in [3.63, 3.8) is 0 Å². The Morgan fingerprint density at radius 2 is 1.82 bits per heavy atom. The van der Waals surface area contributed by atoms with Gasteiger partial charge in [0.15, 0.2) is 0 Å². The Balaban J connectivity index is 0.00000176. The van der Waals surface area contributed by atoms with Gasteiger partial charge in [-0.05, 0) is 56.7 Å². The first kappa shape index (κ1) is 16.3. The van der Waals surface area contributed by atoms with Crippen LogP contribution in [0.5, 0.6) is 0 Å². The number of nitrogens with zero attached hydrogens (tertiary/aromatic N) is 1. The molecule has 0 saturated heterocycles. The van der Waals surface area contributed by atoms with Crippen LogP contribution in [0.3, 0.4) is 0 Å². The zero-order chi connectivity index (χ0) is 15.0. The van der Waals surface area contributed by atoms with E-state index in [-0.39, 0.29) is 24.3 Å². The van der Waals surface area contributed by atoms with Crippen molar-refractivity contribution in [1.82, 2.24) is 9.97 Å². The quantitative estimate of drug-likeness (QED) is 0.720. The Labute approximate surface area is 135 Å². The molecule has 0 aliphatic carbocycles. The Bertz CT molecular complexity index is 780. The molecule has 0 spiro atoms. The predicted molar refractivity (Wildman–Crippen MR) is 91.3 cm³/mol. The SMILES string of the molecule is Cc1[nH]c2c(C(C)Nc3ccc(F)cc3)nccc2c1C.Cl. The van der Waals surface area contributed by atoms with Crippen molar-refractivity contribution in [1.29, 1.82) is 0 Å². The van der Waals surface area contributed by atoms with E-state index in [2.05, 4.69) is 36.1 Å². The largest absolute Gasteiger partial charge is 0.377 e. The molecule has 0 saturated carbocycles. The molecular weight excluding hydrogens is 301 g/mol.